The van der Waals surface area contributed by atoms with Crippen LogP contribution in [0.5, 0.6) is 0 Å². The van der Waals surface area contributed by atoms with Crippen molar-refractivity contribution in [3.8, 4) is 17.1 Å². The first kappa shape index (κ1) is 23.2. The van der Waals surface area contributed by atoms with Crippen LogP contribution in [0.4, 0.5) is 0 Å². The average molecular weight is 491 g/mol. The van der Waals surface area contributed by atoms with Gasteiger partial charge in [0.2, 0.25) is 4.77 Å². The number of halogens is 1. The summed E-state index contributed by atoms with van der Waals surface area (Å²) in [6.45, 7) is 4.72. The van der Waals surface area contributed by atoms with E-state index in [2.05, 4.69) is 26.0 Å². The summed E-state index contributed by atoms with van der Waals surface area (Å²) in [5, 5.41) is 5.53. The fourth-order valence-corrected chi connectivity index (χ4v) is 6.35. The molecule has 0 amide bonds. The van der Waals surface area contributed by atoms with Gasteiger partial charge in [0, 0.05) is 16.6 Å². The van der Waals surface area contributed by atoms with E-state index in [1.54, 1.807) is 4.68 Å². The lowest BCUT2D eigenvalue weighted by Crippen LogP contribution is -2.34. The third-order valence-electron chi connectivity index (χ3n) is 5.93. The molecule has 1 aromatic heterocycles. The van der Waals surface area contributed by atoms with E-state index in [1.807, 2.05) is 52.9 Å². The Morgan fingerprint density at radius 1 is 1.19 bits per heavy atom. The third kappa shape index (κ3) is 4.69. The lowest BCUT2D eigenvalue weighted by molar-refractivity contribution is 0.196. The summed E-state index contributed by atoms with van der Waals surface area (Å²) >= 11 is 12.0. The zero-order valence-corrected chi connectivity index (χ0v) is 20.8. The average Bonchev–Trinajstić information content (AvgIpc) is 3.28. The highest BCUT2D eigenvalue weighted by molar-refractivity contribution is 7.91. The Labute approximate surface area is 199 Å². The van der Waals surface area contributed by atoms with E-state index in [0.29, 0.717) is 28.8 Å². The molecule has 2 aromatic carbocycles. The SMILES string of the molecule is CC(C)c1ccccc1-n1c(-c2ccc(Cl)cc2)nn(CN(C)[C@@H]2CCS(=O)(=O)C2)c1=S. The van der Waals surface area contributed by atoms with Crippen molar-refractivity contribution >= 4 is 33.7 Å². The second-order valence-corrected chi connectivity index (χ2v) is 11.6. The van der Waals surface area contributed by atoms with Crippen LogP contribution >= 0.6 is 23.8 Å². The maximum Gasteiger partial charge on any atom is 0.204 e. The molecule has 0 aliphatic carbocycles. The van der Waals surface area contributed by atoms with Gasteiger partial charge in [0.1, 0.15) is 0 Å². The number of nitrogens with zero attached hydrogens (tertiary/aromatic N) is 4. The van der Waals surface area contributed by atoms with Crippen LogP contribution in [-0.4, -0.2) is 52.3 Å². The fraction of sp³-hybridized carbons (Fsp3) is 0.391. The highest BCUT2D eigenvalue weighted by Gasteiger charge is 2.31. The van der Waals surface area contributed by atoms with Gasteiger partial charge in [-0.2, -0.15) is 0 Å². The van der Waals surface area contributed by atoms with Gasteiger partial charge in [0.15, 0.2) is 15.7 Å². The Bertz CT molecular complexity index is 1280. The molecular formula is C23H27ClN4O2S2. The number of hydrogen-bond acceptors (Lipinski definition) is 5. The molecule has 0 spiro atoms. The standard InChI is InChI=1S/C23H27ClN4O2S2/c1-16(2)20-6-4-5-7-21(20)28-22(17-8-10-18(24)11-9-17)25-27(23(28)31)15-26(3)19-12-13-32(29,30)14-19/h4-11,16,19H,12-15H2,1-3H3/t19-/m1/s1. The maximum absolute atomic E-state index is 11.9. The van der Waals surface area contributed by atoms with Crippen LogP contribution < -0.4 is 0 Å². The summed E-state index contributed by atoms with van der Waals surface area (Å²) in [6.07, 6.45) is 0.632. The number of aromatic nitrogens is 3. The fourth-order valence-electron chi connectivity index (χ4n) is 4.13. The minimum absolute atomic E-state index is 0.0333. The smallest absolute Gasteiger partial charge is 0.204 e. The van der Waals surface area contributed by atoms with E-state index in [0.717, 1.165) is 17.1 Å². The van der Waals surface area contributed by atoms with Crippen molar-refractivity contribution in [3.63, 3.8) is 0 Å². The molecule has 0 saturated carbocycles. The second kappa shape index (κ2) is 9.09. The van der Waals surface area contributed by atoms with Gasteiger partial charge in [-0.1, -0.05) is 43.6 Å². The zero-order valence-electron chi connectivity index (χ0n) is 18.4. The van der Waals surface area contributed by atoms with E-state index in [9.17, 15) is 8.42 Å². The molecule has 1 fully saturated rings. The van der Waals surface area contributed by atoms with Crippen molar-refractivity contribution in [2.45, 2.75) is 38.9 Å². The Morgan fingerprint density at radius 3 is 2.50 bits per heavy atom. The highest BCUT2D eigenvalue weighted by Crippen LogP contribution is 2.29. The summed E-state index contributed by atoms with van der Waals surface area (Å²) in [5.74, 6) is 1.45. The quantitative estimate of drug-likeness (QED) is 0.459. The molecule has 1 aliphatic heterocycles. The van der Waals surface area contributed by atoms with Crippen LogP contribution in [0, 0.1) is 4.77 Å². The van der Waals surface area contributed by atoms with Crippen molar-refractivity contribution in [1.82, 2.24) is 19.2 Å². The van der Waals surface area contributed by atoms with Crippen LogP contribution in [0.25, 0.3) is 17.1 Å². The van der Waals surface area contributed by atoms with Crippen LogP contribution in [0.3, 0.4) is 0 Å². The molecule has 1 aliphatic rings. The van der Waals surface area contributed by atoms with Gasteiger partial charge in [0.05, 0.1) is 23.9 Å². The monoisotopic (exact) mass is 490 g/mol. The molecule has 4 rings (SSSR count). The van der Waals surface area contributed by atoms with Gasteiger partial charge in [-0.25, -0.2) is 13.1 Å². The Hall–Kier alpha value is -2.00. The zero-order chi connectivity index (χ0) is 23.0. The number of hydrogen-bond donors (Lipinski definition) is 0. The maximum atomic E-state index is 11.9. The predicted molar refractivity (Wildman–Crippen MR) is 132 cm³/mol. The minimum Gasteiger partial charge on any atom is -0.283 e. The van der Waals surface area contributed by atoms with E-state index in [4.69, 9.17) is 28.9 Å². The number of rotatable bonds is 6. The molecule has 0 radical (unpaired) electrons. The largest absolute Gasteiger partial charge is 0.283 e. The molecule has 32 heavy (non-hydrogen) atoms. The van der Waals surface area contributed by atoms with Crippen molar-refractivity contribution < 1.29 is 8.42 Å². The van der Waals surface area contributed by atoms with E-state index < -0.39 is 9.84 Å². The molecule has 6 nitrogen and oxygen atoms in total. The molecule has 1 atom stereocenters. The molecule has 9 heteroatoms. The topological polar surface area (TPSA) is 60.1 Å². The molecule has 0 unspecified atom stereocenters. The van der Waals surface area contributed by atoms with Crippen LogP contribution in [0.1, 0.15) is 31.7 Å². The van der Waals surface area contributed by atoms with Gasteiger partial charge in [-0.3, -0.25) is 9.47 Å². The van der Waals surface area contributed by atoms with Gasteiger partial charge in [-0.05, 0) is 67.5 Å². The van der Waals surface area contributed by atoms with Crippen LogP contribution in [0.15, 0.2) is 48.5 Å². The summed E-state index contributed by atoms with van der Waals surface area (Å²) < 4.78 is 28.2. The van der Waals surface area contributed by atoms with Crippen molar-refractivity contribution in [2.75, 3.05) is 18.6 Å². The van der Waals surface area contributed by atoms with Crippen molar-refractivity contribution in [1.29, 1.82) is 0 Å². The van der Waals surface area contributed by atoms with E-state index >= 15 is 0 Å². The van der Waals surface area contributed by atoms with Crippen molar-refractivity contribution in [2.24, 2.45) is 0 Å². The summed E-state index contributed by atoms with van der Waals surface area (Å²) in [7, 11) is -1.04. The first-order valence-electron chi connectivity index (χ1n) is 10.6. The molecule has 0 N–H and O–H groups in total. The third-order valence-corrected chi connectivity index (χ3v) is 8.33. The summed E-state index contributed by atoms with van der Waals surface area (Å²) in [4.78, 5) is 2.03. The number of sulfone groups is 1. The summed E-state index contributed by atoms with van der Waals surface area (Å²) in [5.41, 5.74) is 3.08. The van der Waals surface area contributed by atoms with Gasteiger partial charge in [-0.15, -0.1) is 5.10 Å². The number of benzene rings is 2. The van der Waals surface area contributed by atoms with Gasteiger partial charge >= 0.3 is 0 Å². The van der Waals surface area contributed by atoms with Gasteiger partial charge in [0.25, 0.3) is 0 Å². The predicted octanol–water partition coefficient (Wildman–Crippen LogP) is 4.92. The molecule has 170 valence electrons. The molecular weight excluding hydrogens is 464 g/mol. The molecule has 2 heterocycles. The molecule has 1 saturated heterocycles. The molecule has 3 aromatic rings. The van der Waals surface area contributed by atoms with Gasteiger partial charge < -0.3 is 0 Å². The Balaban J connectivity index is 1.81. The Morgan fingerprint density at radius 2 is 1.88 bits per heavy atom. The Kier molecular flexibility index (Phi) is 6.58. The first-order chi connectivity index (χ1) is 15.2. The van der Waals surface area contributed by atoms with E-state index in [-0.39, 0.29) is 17.5 Å². The summed E-state index contributed by atoms with van der Waals surface area (Å²) in [6, 6.07) is 15.7. The lowest BCUT2D eigenvalue weighted by atomic mass is 10.0. The minimum atomic E-state index is -2.97. The highest BCUT2D eigenvalue weighted by atomic mass is 35.5. The first-order valence-corrected chi connectivity index (χ1v) is 13.2. The molecule has 0 bridgehead atoms. The van der Waals surface area contributed by atoms with Crippen LogP contribution in [-0.2, 0) is 16.5 Å². The second-order valence-electron chi connectivity index (χ2n) is 8.62. The number of para-hydroxylation sites is 1. The van der Waals surface area contributed by atoms with Crippen molar-refractivity contribution in [3.05, 3.63) is 63.9 Å². The van der Waals surface area contributed by atoms with Crippen LogP contribution in [0.2, 0.25) is 5.02 Å². The van der Waals surface area contributed by atoms with E-state index in [1.165, 1.54) is 5.56 Å². The normalized spacial score (nSPS) is 18.0. The lowest BCUT2D eigenvalue weighted by Gasteiger charge is -2.22.